The fraction of sp³-hybridized carbons (Fsp3) is 0.167. The Morgan fingerprint density at radius 2 is 2.25 bits per heavy atom. The summed E-state index contributed by atoms with van der Waals surface area (Å²) in [7, 11) is -2.68. The van der Waals surface area contributed by atoms with Crippen LogP contribution in [0.25, 0.3) is 5.53 Å². The Hall–Kier alpha value is -1.23. The lowest BCUT2D eigenvalue weighted by atomic mass is 10.1. The molecule has 0 spiro atoms. The molecule has 1 atom stereocenters. The summed E-state index contributed by atoms with van der Waals surface area (Å²) in [6.07, 6.45) is 6.44. The van der Waals surface area contributed by atoms with Gasteiger partial charge in [0.25, 0.3) is 0 Å². The number of allylic oxidation sites excluding steroid dienone is 2. The molecule has 0 radical (unpaired) electrons. The molecule has 0 bridgehead atoms. The van der Waals surface area contributed by atoms with E-state index in [4.69, 9.17) is 5.53 Å². The lowest BCUT2D eigenvalue weighted by molar-refractivity contribution is -0.00704. The number of hydrogen-bond acceptors (Lipinski definition) is 2. The largest absolute Gasteiger partial charge is 0.361 e. The number of nitrogens with zero attached hydrogens (tertiary/aromatic N) is 2. The molecule has 1 aliphatic rings. The van der Waals surface area contributed by atoms with Crippen molar-refractivity contribution in [3.05, 3.63) is 29.8 Å². The van der Waals surface area contributed by atoms with Crippen molar-refractivity contribution in [2.24, 2.45) is 0 Å². The van der Waals surface area contributed by atoms with Gasteiger partial charge in [-0.05, 0) is 0 Å². The highest BCUT2D eigenvalue weighted by Gasteiger charge is 2.19. The molecule has 0 amide bonds. The van der Waals surface area contributed by atoms with Crippen molar-refractivity contribution in [3.8, 4) is 0 Å². The molecule has 0 aromatic rings. The van der Waals surface area contributed by atoms with Gasteiger partial charge in [0.15, 0.2) is 0 Å². The van der Waals surface area contributed by atoms with Gasteiger partial charge >= 0.3 is 5.71 Å². The minimum atomic E-state index is -2.68. The maximum Gasteiger partial charge on any atom is 0.313 e. The summed E-state index contributed by atoms with van der Waals surface area (Å²) in [5, 5.41) is 0. The van der Waals surface area contributed by atoms with E-state index in [9.17, 15) is 8.42 Å². The Kier molecular flexibility index (Phi) is 2.93. The first-order valence-corrected chi connectivity index (χ1v) is 4.39. The van der Waals surface area contributed by atoms with Gasteiger partial charge in [0.1, 0.15) is 6.04 Å². The van der Waals surface area contributed by atoms with Crippen LogP contribution in [-0.2, 0) is 10.9 Å². The standard InChI is InChI=1S/C6H7N3O2S/c7-8-5-3-1-2-4-6(5)9-12(10)11/h1-4,6,12H,(H,9,10,11). The van der Waals surface area contributed by atoms with Gasteiger partial charge in [-0.15, -0.1) is 0 Å². The summed E-state index contributed by atoms with van der Waals surface area (Å²) in [6.45, 7) is 0. The van der Waals surface area contributed by atoms with Crippen LogP contribution < -0.4 is 4.72 Å². The maximum atomic E-state index is 10.3. The van der Waals surface area contributed by atoms with Crippen LogP contribution in [-0.4, -0.2) is 25.0 Å². The topological polar surface area (TPSA) is 82.6 Å². The van der Waals surface area contributed by atoms with Gasteiger partial charge < -0.3 is 5.53 Å². The van der Waals surface area contributed by atoms with Gasteiger partial charge in [-0.1, -0.05) is 18.2 Å². The molecule has 5 nitrogen and oxygen atoms in total. The number of hydrogen-bond donors (Lipinski definition) is 2. The monoisotopic (exact) mass is 185 g/mol. The Bertz CT molecular complexity index is 342. The second kappa shape index (κ2) is 3.96. The van der Waals surface area contributed by atoms with Gasteiger partial charge in [0.05, 0.1) is 0 Å². The fourth-order valence-electron chi connectivity index (χ4n) is 0.850. The van der Waals surface area contributed by atoms with Crippen molar-refractivity contribution in [2.45, 2.75) is 6.04 Å². The van der Waals surface area contributed by atoms with Crippen LogP contribution in [0.3, 0.4) is 0 Å². The third-order valence-electron chi connectivity index (χ3n) is 1.36. The van der Waals surface area contributed by atoms with Gasteiger partial charge in [0, 0.05) is 6.08 Å². The van der Waals surface area contributed by atoms with Crippen molar-refractivity contribution in [3.63, 3.8) is 0 Å². The molecule has 0 fully saturated rings. The first kappa shape index (κ1) is 8.86. The van der Waals surface area contributed by atoms with Crippen LogP contribution >= 0.6 is 0 Å². The van der Waals surface area contributed by atoms with Crippen LogP contribution in [0.5, 0.6) is 0 Å². The average molecular weight is 185 g/mol. The molecule has 0 aliphatic heterocycles. The zero-order valence-corrected chi connectivity index (χ0v) is 6.94. The number of nitrogens with one attached hydrogen (secondary N) is 1. The average Bonchev–Trinajstić information content (AvgIpc) is 2.04. The first-order valence-electron chi connectivity index (χ1n) is 3.21. The van der Waals surface area contributed by atoms with E-state index in [1.807, 2.05) is 0 Å². The summed E-state index contributed by atoms with van der Waals surface area (Å²) in [5.41, 5.74) is 8.71. The van der Waals surface area contributed by atoms with Crippen molar-refractivity contribution in [1.82, 2.24) is 4.72 Å². The second-order valence-electron chi connectivity index (χ2n) is 2.13. The minimum Gasteiger partial charge on any atom is -0.361 e. The highest BCUT2D eigenvalue weighted by atomic mass is 32.2. The number of thiol groups is 1. The third kappa shape index (κ3) is 2.13. The molecule has 1 unspecified atom stereocenters. The molecule has 0 saturated heterocycles. The van der Waals surface area contributed by atoms with E-state index < -0.39 is 16.9 Å². The summed E-state index contributed by atoms with van der Waals surface area (Å²) in [6, 6.07) is -0.555. The molecule has 12 heavy (non-hydrogen) atoms. The smallest absolute Gasteiger partial charge is 0.313 e. The normalized spacial score (nSPS) is 21.4. The molecule has 1 N–H and O–H groups in total. The van der Waals surface area contributed by atoms with Crippen molar-refractivity contribution < 1.29 is 13.2 Å². The van der Waals surface area contributed by atoms with Gasteiger partial charge in [-0.2, -0.15) is 9.51 Å². The first-order chi connectivity index (χ1) is 5.74. The van der Waals surface area contributed by atoms with Crippen molar-refractivity contribution >= 4 is 16.6 Å². The maximum absolute atomic E-state index is 10.3. The van der Waals surface area contributed by atoms with E-state index in [0.717, 1.165) is 0 Å². The molecule has 0 heterocycles. The summed E-state index contributed by atoms with van der Waals surface area (Å²) >= 11 is 0. The minimum absolute atomic E-state index is 0.275. The highest BCUT2D eigenvalue weighted by Crippen LogP contribution is 1.98. The van der Waals surface area contributed by atoms with Gasteiger partial charge in [-0.3, -0.25) is 0 Å². The zero-order valence-electron chi connectivity index (χ0n) is 6.04. The van der Waals surface area contributed by atoms with Crippen LogP contribution in [0.2, 0.25) is 0 Å². The fourth-order valence-corrected chi connectivity index (χ4v) is 1.30. The van der Waals surface area contributed by atoms with E-state index in [-0.39, 0.29) is 5.71 Å². The highest BCUT2D eigenvalue weighted by molar-refractivity contribution is 7.70. The van der Waals surface area contributed by atoms with E-state index >= 15 is 0 Å². The van der Waals surface area contributed by atoms with Gasteiger partial charge in [-0.25, -0.2) is 8.42 Å². The molecule has 64 valence electrons. The van der Waals surface area contributed by atoms with E-state index in [0.29, 0.717) is 0 Å². The van der Waals surface area contributed by atoms with E-state index in [1.54, 1.807) is 18.2 Å². The lowest BCUT2D eigenvalue weighted by Gasteiger charge is -2.04. The lowest BCUT2D eigenvalue weighted by Crippen LogP contribution is -2.34. The molecule has 1 aliphatic carbocycles. The molecular weight excluding hydrogens is 178 g/mol. The Morgan fingerprint density at radius 3 is 2.83 bits per heavy atom. The van der Waals surface area contributed by atoms with E-state index in [2.05, 4.69) is 9.51 Å². The van der Waals surface area contributed by atoms with Crippen LogP contribution in [0.4, 0.5) is 0 Å². The number of rotatable bonds is 2. The molecule has 6 heteroatoms. The van der Waals surface area contributed by atoms with Crippen LogP contribution in [0, 0.1) is 0 Å². The predicted molar refractivity (Wildman–Crippen MR) is 44.1 cm³/mol. The quantitative estimate of drug-likeness (QED) is 0.337. The van der Waals surface area contributed by atoms with Crippen LogP contribution in [0.1, 0.15) is 0 Å². The predicted octanol–water partition coefficient (Wildman–Crippen LogP) is -0.732. The molecule has 0 aromatic heterocycles. The summed E-state index contributed by atoms with van der Waals surface area (Å²) < 4.78 is 22.7. The summed E-state index contributed by atoms with van der Waals surface area (Å²) in [5.74, 6) is 0. The SMILES string of the molecule is [N-]=[N+]=C1C=CC=CC1N[SH](=O)=O. The molecule has 0 aromatic carbocycles. The second-order valence-corrected chi connectivity index (χ2v) is 2.91. The zero-order chi connectivity index (χ0) is 8.97. The molecule has 0 saturated carbocycles. The molecule has 1 rings (SSSR count). The Labute approximate surface area is 71.1 Å². The van der Waals surface area contributed by atoms with Crippen molar-refractivity contribution in [1.29, 1.82) is 0 Å². The van der Waals surface area contributed by atoms with Crippen LogP contribution in [0.15, 0.2) is 24.3 Å². The third-order valence-corrected chi connectivity index (χ3v) is 1.85. The molecular formula is C6H7N3O2S. The Balaban J connectivity index is 2.83. The Morgan fingerprint density at radius 1 is 1.50 bits per heavy atom. The van der Waals surface area contributed by atoms with Gasteiger partial charge in [0.2, 0.25) is 10.9 Å². The van der Waals surface area contributed by atoms with Crippen molar-refractivity contribution in [2.75, 3.05) is 0 Å². The summed E-state index contributed by atoms with van der Waals surface area (Å²) in [4.78, 5) is 2.93. The van der Waals surface area contributed by atoms with E-state index in [1.165, 1.54) is 6.08 Å².